The number of nitrogens with one attached hydrogen (secondary N) is 2. The van der Waals surface area contributed by atoms with Crippen LogP contribution in [0.2, 0.25) is 0 Å². The Bertz CT molecular complexity index is 929. The van der Waals surface area contributed by atoms with Crippen LogP contribution in [0.3, 0.4) is 0 Å². The molecule has 1 aromatic heterocycles. The van der Waals surface area contributed by atoms with Crippen LogP contribution in [0.4, 0.5) is 5.69 Å². The van der Waals surface area contributed by atoms with Crippen molar-refractivity contribution in [3.05, 3.63) is 63.9 Å². The smallest absolute Gasteiger partial charge is 0.253 e. The maximum atomic E-state index is 12.2. The van der Waals surface area contributed by atoms with Gasteiger partial charge in [0.05, 0.1) is 5.52 Å². The van der Waals surface area contributed by atoms with Gasteiger partial charge in [-0.2, -0.15) is 0 Å². The summed E-state index contributed by atoms with van der Waals surface area (Å²) in [5, 5.41) is 4.20. The van der Waals surface area contributed by atoms with E-state index in [-0.39, 0.29) is 12.4 Å². The van der Waals surface area contributed by atoms with Crippen LogP contribution in [-0.2, 0) is 6.54 Å². The van der Waals surface area contributed by atoms with Crippen LogP contribution in [0.25, 0.3) is 10.9 Å². The zero-order chi connectivity index (χ0) is 15.8. The topological polar surface area (TPSA) is 63.4 Å². The highest BCUT2D eigenvalue weighted by atomic mass is 16.7. The van der Waals surface area contributed by atoms with Gasteiger partial charge < -0.3 is 19.8 Å². The molecule has 4 rings (SSSR count). The number of fused-ring (bicyclic) bond motifs is 2. The summed E-state index contributed by atoms with van der Waals surface area (Å²) in [6.45, 7) is 2.72. The van der Waals surface area contributed by atoms with Gasteiger partial charge in [-0.3, -0.25) is 4.79 Å². The first-order valence-corrected chi connectivity index (χ1v) is 7.45. The van der Waals surface area contributed by atoms with Gasteiger partial charge in [-0.05, 0) is 31.2 Å². The highest BCUT2D eigenvalue weighted by Gasteiger charge is 2.15. The van der Waals surface area contributed by atoms with Crippen molar-refractivity contribution in [1.82, 2.24) is 4.98 Å². The number of benzene rings is 2. The lowest BCUT2D eigenvalue weighted by molar-refractivity contribution is 0.174. The first-order chi connectivity index (χ1) is 11.2. The van der Waals surface area contributed by atoms with Gasteiger partial charge in [0.1, 0.15) is 0 Å². The van der Waals surface area contributed by atoms with Crippen LogP contribution in [0.1, 0.15) is 11.1 Å². The molecule has 0 unspecified atom stereocenters. The van der Waals surface area contributed by atoms with Crippen molar-refractivity contribution in [2.75, 3.05) is 12.1 Å². The van der Waals surface area contributed by atoms with Crippen molar-refractivity contribution in [3.63, 3.8) is 0 Å². The fourth-order valence-corrected chi connectivity index (χ4v) is 2.64. The summed E-state index contributed by atoms with van der Waals surface area (Å²) in [5.41, 5.74) is 3.52. The molecule has 1 aliphatic rings. The molecule has 0 bridgehead atoms. The molecule has 0 saturated heterocycles. The number of ether oxygens (including phenoxy) is 2. The number of H-pyrrole nitrogens is 1. The highest BCUT2D eigenvalue weighted by molar-refractivity contribution is 5.83. The second kappa shape index (κ2) is 5.35. The lowest BCUT2D eigenvalue weighted by atomic mass is 10.1. The molecule has 0 atom stereocenters. The minimum Gasteiger partial charge on any atom is -0.454 e. The Morgan fingerprint density at radius 2 is 1.83 bits per heavy atom. The van der Waals surface area contributed by atoms with E-state index in [4.69, 9.17) is 9.47 Å². The highest BCUT2D eigenvalue weighted by Crippen LogP contribution is 2.35. The van der Waals surface area contributed by atoms with E-state index >= 15 is 0 Å². The molecule has 5 heteroatoms. The lowest BCUT2D eigenvalue weighted by Crippen LogP contribution is -2.15. The average Bonchev–Trinajstić information content (AvgIpc) is 2.99. The van der Waals surface area contributed by atoms with Crippen LogP contribution in [0.5, 0.6) is 11.5 Å². The Morgan fingerprint density at radius 3 is 2.61 bits per heavy atom. The number of anilines is 1. The van der Waals surface area contributed by atoms with Crippen LogP contribution >= 0.6 is 0 Å². The normalized spacial score (nSPS) is 12.6. The fraction of sp³-hybridized carbons (Fsp3) is 0.167. The maximum absolute atomic E-state index is 12.2. The average molecular weight is 308 g/mol. The first kappa shape index (κ1) is 13.7. The molecule has 0 aliphatic carbocycles. The molecule has 2 heterocycles. The first-order valence-electron chi connectivity index (χ1n) is 7.45. The van der Waals surface area contributed by atoms with Gasteiger partial charge in [-0.1, -0.05) is 17.7 Å². The Labute approximate surface area is 132 Å². The van der Waals surface area contributed by atoms with Gasteiger partial charge in [-0.25, -0.2) is 0 Å². The van der Waals surface area contributed by atoms with Crippen LogP contribution in [-0.4, -0.2) is 11.8 Å². The summed E-state index contributed by atoms with van der Waals surface area (Å²) in [6, 6.07) is 13.7. The zero-order valence-corrected chi connectivity index (χ0v) is 12.7. The van der Waals surface area contributed by atoms with E-state index in [1.54, 1.807) is 6.07 Å². The van der Waals surface area contributed by atoms with Crippen molar-refractivity contribution in [3.8, 4) is 11.5 Å². The number of aryl methyl sites for hydroxylation is 1. The van der Waals surface area contributed by atoms with E-state index in [1.165, 1.54) is 5.56 Å². The third-order valence-corrected chi connectivity index (χ3v) is 3.95. The third kappa shape index (κ3) is 2.61. The summed E-state index contributed by atoms with van der Waals surface area (Å²) < 4.78 is 10.7. The van der Waals surface area contributed by atoms with Crippen molar-refractivity contribution < 1.29 is 9.47 Å². The molecule has 0 radical (unpaired) electrons. The molecule has 1 aliphatic heterocycles. The number of aromatic amines is 1. The number of rotatable bonds is 3. The predicted octanol–water partition coefficient (Wildman–Crippen LogP) is 3.18. The minimum atomic E-state index is -0.101. The van der Waals surface area contributed by atoms with E-state index in [2.05, 4.69) is 10.3 Å². The van der Waals surface area contributed by atoms with Crippen molar-refractivity contribution in [2.45, 2.75) is 13.5 Å². The van der Waals surface area contributed by atoms with Gasteiger partial charge in [0.15, 0.2) is 11.5 Å². The molecule has 3 aromatic rings. The molecule has 2 N–H and O–H groups in total. The van der Waals surface area contributed by atoms with Crippen molar-refractivity contribution >= 4 is 16.6 Å². The SMILES string of the molecule is Cc1ccc(NCc2cc3cc4c(cc3[nH]c2=O)OCO4)cc1. The van der Waals surface area contributed by atoms with Crippen molar-refractivity contribution in [1.29, 1.82) is 0 Å². The van der Waals surface area contributed by atoms with E-state index in [1.807, 2.05) is 43.3 Å². The van der Waals surface area contributed by atoms with Crippen LogP contribution in [0.15, 0.2) is 47.3 Å². The van der Waals surface area contributed by atoms with E-state index in [0.29, 0.717) is 23.6 Å². The van der Waals surface area contributed by atoms with Crippen LogP contribution in [0, 0.1) is 6.92 Å². The predicted molar refractivity (Wildman–Crippen MR) is 89.2 cm³/mol. The summed E-state index contributed by atoms with van der Waals surface area (Å²) >= 11 is 0. The monoisotopic (exact) mass is 308 g/mol. The second-order valence-corrected chi connectivity index (χ2v) is 5.64. The quantitative estimate of drug-likeness (QED) is 0.780. The molecule has 0 spiro atoms. The van der Waals surface area contributed by atoms with Gasteiger partial charge in [-0.15, -0.1) is 0 Å². The third-order valence-electron chi connectivity index (χ3n) is 3.95. The summed E-state index contributed by atoms with van der Waals surface area (Å²) in [6.07, 6.45) is 0. The second-order valence-electron chi connectivity index (χ2n) is 5.64. The number of hydrogen-bond donors (Lipinski definition) is 2. The van der Waals surface area contributed by atoms with E-state index < -0.39 is 0 Å². The Morgan fingerprint density at radius 1 is 1.09 bits per heavy atom. The molecular formula is C18H16N2O3. The van der Waals surface area contributed by atoms with E-state index in [9.17, 15) is 4.79 Å². The van der Waals surface area contributed by atoms with Gasteiger partial charge in [0.25, 0.3) is 5.56 Å². The largest absolute Gasteiger partial charge is 0.454 e. The van der Waals surface area contributed by atoms with Gasteiger partial charge >= 0.3 is 0 Å². The molecule has 116 valence electrons. The molecular weight excluding hydrogens is 292 g/mol. The number of aromatic nitrogens is 1. The summed E-state index contributed by atoms with van der Waals surface area (Å²) in [5.74, 6) is 1.38. The van der Waals surface area contributed by atoms with Gasteiger partial charge in [0, 0.05) is 29.2 Å². The van der Waals surface area contributed by atoms with Crippen molar-refractivity contribution in [2.24, 2.45) is 0 Å². The molecule has 0 saturated carbocycles. The Balaban J connectivity index is 1.64. The Kier molecular flexibility index (Phi) is 3.19. The minimum absolute atomic E-state index is 0.101. The maximum Gasteiger partial charge on any atom is 0.253 e. The summed E-state index contributed by atoms with van der Waals surface area (Å²) in [7, 11) is 0. The molecule has 23 heavy (non-hydrogen) atoms. The van der Waals surface area contributed by atoms with E-state index in [0.717, 1.165) is 16.6 Å². The summed E-state index contributed by atoms with van der Waals surface area (Å²) in [4.78, 5) is 15.1. The zero-order valence-electron chi connectivity index (χ0n) is 12.7. The number of hydrogen-bond acceptors (Lipinski definition) is 4. The van der Waals surface area contributed by atoms with Crippen LogP contribution < -0.4 is 20.3 Å². The molecule has 2 aromatic carbocycles. The standard InChI is InChI=1S/C18H16N2O3/c1-11-2-4-14(5-3-11)19-9-13-6-12-7-16-17(23-10-22-16)8-15(12)20-18(13)21/h2-8,19H,9-10H2,1H3,(H,20,21). The lowest BCUT2D eigenvalue weighted by Gasteiger charge is -2.08. The Hall–Kier alpha value is -2.95. The number of pyridine rings is 1. The fourth-order valence-electron chi connectivity index (χ4n) is 2.64. The molecule has 0 amide bonds. The molecule has 0 fully saturated rings. The van der Waals surface area contributed by atoms with Gasteiger partial charge in [0.2, 0.25) is 6.79 Å². The molecule has 5 nitrogen and oxygen atoms in total.